The third-order valence-electron chi connectivity index (χ3n) is 7.45. The molecule has 2 aromatic heterocycles. The number of fused-ring (bicyclic) bond motifs is 6. The largest absolute Gasteiger partial charge is 0.355 e. The van der Waals surface area contributed by atoms with Crippen molar-refractivity contribution in [2.45, 2.75) is 0 Å². The predicted octanol–water partition coefficient (Wildman–Crippen LogP) is 10.1. The van der Waals surface area contributed by atoms with E-state index in [2.05, 4.69) is 120 Å². The summed E-state index contributed by atoms with van der Waals surface area (Å²) < 4.78 is 2.29. The van der Waals surface area contributed by atoms with Gasteiger partial charge in [-0.25, -0.2) is 9.97 Å². The van der Waals surface area contributed by atoms with Crippen LogP contribution in [0.2, 0.25) is 0 Å². The SMILES string of the molecule is c1ccc(-c2nc(-c3ccc4cc3sc3ccc5cccc(c5c3)c3ccccc3[nH]4)nc3ccccc23)cc1. The van der Waals surface area contributed by atoms with Crippen LogP contribution < -0.4 is 0 Å². The maximum Gasteiger partial charge on any atom is 0.161 e. The number of benzene rings is 6. The lowest BCUT2D eigenvalue weighted by Crippen LogP contribution is -1.95. The zero-order valence-corrected chi connectivity index (χ0v) is 22.3. The molecular weight excluding hydrogens is 506 g/mol. The third kappa shape index (κ3) is 3.89. The molecule has 8 aromatic rings. The molecule has 0 unspecified atom stereocenters. The van der Waals surface area contributed by atoms with Crippen LogP contribution in [0.1, 0.15) is 0 Å². The summed E-state index contributed by atoms with van der Waals surface area (Å²) in [5.74, 6) is 0.725. The first-order chi connectivity index (χ1) is 19.8. The Hall–Kier alpha value is -5.06. The molecule has 0 aliphatic carbocycles. The summed E-state index contributed by atoms with van der Waals surface area (Å²) in [6.45, 7) is 0. The number of rotatable bonds is 2. The average Bonchev–Trinajstić information content (AvgIpc) is 3.02. The minimum Gasteiger partial charge on any atom is -0.355 e. The fourth-order valence-corrected chi connectivity index (χ4v) is 6.56. The molecule has 0 radical (unpaired) electrons. The van der Waals surface area contributed by atoms with Crippen LogP contribution in [0.3, 0.4) is 0 Å². The van der Waals surface area contributed by atoms with E-state index in [1.807, 2.05) is 18.2 Å². The van der Waals surface area contributed by atoms with Gasteiger partial charge in [0.25, 0.3) is 0 Å². The molecule has 40 heavy (non-hydrogen) atoms. The number of para-hydroxylation sites is 2. The summed E-state index contributed by atoms with van der Waals surface area (Å²) in [6.07, 6.45) is 0. The van der Waals surface area contributed by atoms with E-state index >= 15 is 0 Å². The molecule has 1 N–H and O–H groups in total. The molecule has 0 saturated carbocycles. The first-order valence-corrected chi connectivity index (χ1v) is 14.2. The Morgan fingerprint density at radius 3 is 2.27 bits per heavy atom. The maximum absolute atomic E-state index is 5.17. The van der Waals surface area contributed by atoms with Crippen LogP contribution in [0, 0.1) is 0 Å². The molecule has 4 bridgehead atoms. The highest BCUT2D eigenvalue weighted by atomic mass is 32.1. The van der Waals surface area contributed by atoms with Crippen molar-refractivity contribution >= 4 is 64.2 Å². The van der Waals surface area contributed by atoms with Gasteiger partial charge in [-0.2, -0.15) is 0 Å². The van der Waals surface area contributed by atoms with Gasteiger partial charge in [0.15, 0.2) is 5.82 Å². The van der Waals surface area contributed by atoms with Crippen molar-refractivity contribution in [1.29, 1.82) is 0 Å². The molecule has 4 heteroatoms. The Morgan fingerprint density at radius 2 is 1.35 bits per heavy atom. The van der Waals surface area contributed by atoms with Gasteiger partial charge in [-0.3, -0.25) is 0 Å². The Balaban J connectivity index is 1.48. The summed E-state index contributed by atoms with van der Waals surface area (Å²) >= 11 is 1.76. The normalized spacial score (nSPS) is 11.5. The van der Waals surface area contributed by atoms with Crippen molar-refractivity contribution in [3.05, 3.63) is 133 Å². The molecule has 8 rings (SSSR count). The van der Waals surface area contributed by atoms with Crippen LogP contribution in [0.15, 0.2) is 133 Å². The minimum absolute atomic E-state index is 0.725. The molecule has 0 fully saturated rings. The van der Waals surface area contributed by atoms with Crippen LogP contribution in [-0.4, -0.2) is 15.0 Å². The summed E-state index contributed by atoms with van der Waals surface area (Å²) in [5, 5.41) is 5.94. The van der Waals surface area contributed by atoms with Gasteiger partial charge in [0.1, 0.15) is 0 Å². The highest BCUT2D eigenvalue weighted by molar-refractivity contribution is 7.23. The molecule has 3 nitrogen and oxygen atoms in total. The van der Waals surface area contributed by atoms with Crippen molar-refractivity contribution in [3.63, 3.8) is 0 Å². The average molecular weight is 530 g/mol. The number of aromatic amines is 1. The van der Waals surface area contributed by atoms with Gasteiger partial charge in [-0.15, -0.1) is 11.3 Å². The Morgan fingerprint density at radius 1 is 0.550 bits per heavy atom. The second kappa shape index (κ2) is 9.30. The van der Waals surface area contributed by atoms with E-state index in [9.17, 15) is 0 Å². The van der Waals surface area contributed by atoms with E-state index in [0.29, 0.717) is 0 Å². The molecule has 0 atom stereocenters. The molecular formula is C36H23N3S. The van der Waals surface area contributed by atoms with E-state index in [1.54, 1.807) is 11.3 Å². The van der Waals surface area contributed by atoms with E-state index < -0.39 is 0 Å². The molecule has 0 saturated heterocycles. The van der Waals surface area contributed by atoms with Gasteiger partial charge >= 0.3 is 0 Å². The van der Waals surface area contributed by atoms with E-state index in [1.165, 1.54) is 26.2 Å². The van der Waals surface area contributed by atoms with Crippen molar-refractivity contribution in [2.75, 3.05) is 0 Å². The zero-order valence-electron chi connectivity index (χ0n) is 21.5. The highest BCUT2D eigenvalue weighted by Gasteiger charge is 2.13. The number of aromatic nitrogens is 3. The number of hydrogen-bond donors (Lipinski definition) is 1. The van der Waals surface area contributed by atoms with Gasteiger partial charge in [-0.1, -0.05) is 91.0 Å². The zero-order chi connectivity index (χ0) is 26.5. The highest BCUT2D eigenvalue weighted by Crippen LogP contribution is 2.34. The number of hydrogen-bond acceptors (Lipinski definition) is 3. The van der Waals surface area contributed by atoms with Crippen molar-refractivity contribution in [3.8, 4) is 22.6 Å². The molecule has 6 aromatic carbocycles. The topological polar surface area (TPSA) is 41.6 Å². The van der Waals surface area contributed by atoms with Crippen molar-refractivity contribution < 1.29 is 0 Å². The summed E-state index contributed by atoms with van der Waals surface area (Å²) in [6, 6.07) is 46.9. The Kier molecular flexibility index (Phi) is 5.32. The maximum atomic E-state index is 5.17. The van der Waals surface area contributed by atoms with Crippen LogP contribution in [0.25, 0.3) is 75.5 Å². The van der Waals surface area contributed by atoms with E-state index in [4.69, 9.17) is 9.97 Å². The minimum atomic E-state index is 0.725. The molecule has 0 aliphatic heterocycles. The number of H-pyrrole nitrogens is 1. The summed E-state index contributed by atoms with van der Waals surface area (Å²) in [7, 11) is 0. The first-order valence-electron chi connectivity index (χ1n) is 13.3. The van der Waals surface area contributed by atoms with Crippen LogP contribution in [0.5, 0.6) is 0 Å². The monoisotopic (exact) mass is 529 g/mol. The van der Waals surface area contributed by atoms with Crippen molar-refractivity contribution in [1.82, 2.24) is 15.0 Å². The molecule has 188 valence electrons. The van der Waals surface area contributed by atoms with Gasteiger partial charge in [0.05, 0.1) is 11.2 Å². The molecule has 0 amide bonds. The lowest BCUT2D eigenvalue weighted by atomic mass is 10.0. The molecule has 0 aliphatic rings. The van der Waals surface area contributed by atoms with Gasteiger partial charge < -0.3 is 4.98 Å². The second-order valence-corrected chi connectivity index (χ2v) is 11.1. The summed E-state index contributed by atoms with van der Waals surface area (Å²) in [5.41, 5.74) is 6.09. The van der Waals surface area contributed by atoms with E-state index in [0.717, 1.165) is 49.3 Å². The fourth-order valence-electron chi connectivity index (χ4n) is 5.54. The number of nitrogens with one attached hydrogen (secondary N) is 1. The second-order valence-electron chi connectivity index (χ2n) is 9.95. The lowest BCUT2D eigenvalue weighted by molar-refractivity contribution is 1.23. The van der Waals surface area contributed by atoms with Gasteiger partial charge in [0, 0.05) is 42.3 Å². The number of nitrogens with zero attached hydrogens (tertiary/aromatic N) is 2. The third-order valence-corrected chi connectivity index (χ3v) is 8.50. The first kappa shape index (κ1) is 22.9. The van der Waals surface area contributed by atoms with Gasteiger partial charge in [0.2, 0.25) is 0 Å². The quantitative estimate of drug-likeness (QED) is 0.242. The van der Waals surface area contributed by atoms with Crippen LogP contribution in [0.4, 0.5) is 0 Å². The molecule has 2 heterocycles. The summed E-state index contributed by atoms with van der Waals surface area (Å²) in [4.78, 5) is 13.9. The Labute approximate surface area is 234 Å². The van der Waals surface area contributed by atoms with Gasteiger partial charge in [-0.05, 0) is 58.6 Å². The van der Waals surface area contributed by atoms with Crippen LogP contribution >= 0.6 is 11.3 Å². The van der Waals surface area contributed by atoms with E-state index in [-0.39, 0.29) is 0 Å². The predicted molar refractivity (Wildman–Crippen MR) is 170 cm³/mol. The smallest absolute Gasteiger partial charge is 0.161 e. The molecule has 0 spiro atoms. The van der Waals surface area contributed by atoms with Crippen LogP contribution in [-0.2, 0) is 0 Å². The lowest BCUT2D eigenvalue weighted by Gasteiger charge is -2.10. The standard InChI is InChI=1S/C36H23N3S/c1-2-9-24(10-3-1)35-29-13-5-7-16-33(29)38-36(39-35)30-20-18-25-21-34(30)40-26-19-17-23-11-8-14-27(31(23)22-26)28-12-4-6-15-32(28)37-25/h1-22,37H. The van der Waals surface area contributed by atoms with Crippen molar-refractivity contribution in [2.24, 2.45) is 0 Å². The Bertz CT molecular complexity index is 2280. The fraction of sp³-hybridized carbons (Fsp3) is 0.